The zero-order valence-corrected chi connectivity index (χ0v) is 13.8. The van der Waals surface area contributed by atoms with E-state index in [9.17, 15) is 4.79 Å². The second kappa shape index (κ2) is 6.37. The summed E-state index contributed by atoms with van der Waals surface area (Å²) >= 11 is 1.71. The van der Waals surface area contributed by atoms with Gasteiger partial charge in [-0.3, -0.25) is 14.7 Å². The normalized spacial score (nSPS) is 24.9. The fourth-order valence-electron chi connectivity index (χ4n) is 3.83. The third-order valence-electron chi connectivity index (χ3n) is 4.90. The summed E-state index contributed by atoms with van der Waals surface area (Å²) in [6, 6.07) is 4.78. The first-order valence-electron chi connectivity index (χ1n) is 8.12. The quantitative estimate of drug-likeness (QED) is 0.864. The summed E-state index contributed by atoms with van der Waals surface area (Å²) in [5, 5.41) is 3.20. The first-order chi connectivity index (χ1) is 11.3. The Balaban J connectivity index is 1.49. The summed E-state index contributed by atoms with van der Waals surface area (Å²) in [5.41, 5.74) is 1.11. The predicted molar refractivity (Wildman–Crippen MR) is 88.7 cm³/mol. The van der Waals surface area contributed by atoms with Crippen LogP contribution < -0.4 is 0 Å². The summed E-state index contributed by atoms with van der Waals surface area (Å²) in [5.74, 6) is 0.284. The van der Waals surface area contributed by atoms with Crippen LogP contribution in [0.15, 0.2) is 36.1 Å². The Kier molecular flexibility index (Phi) is 4.10. The van der Waals surface area contributed by atoms with Gasteiger partial charge in [-0.15, -0.1) is 11.3 Å². The second-order valence-electron chi connectivity index (χ2n) is 6.24. The number of carbonyl (C=O) groups excluding carboxylic acids is 1. The lowest BCUT2D eigenvalue weighted by Gasteiger charge is -2.39. The molecular formula is C17H20N4OS. The summed E-state index contributed by atoms with van der Waals surface area (Å²) in [4.78, 5) is 25.6. The van der Waals surface area contributed by atoms with Crippen molar-refractivity contribution in [1.82, 2.24) is 19.8 Å². The Labute approximate surface area is 140 Å². The smallest absolute Gasteiger partial charge is 0.223 e. The number of nitrogens with zero attached hydrogens (tertiary/aromatic N) is 4. The van der Waals surface area contributed by atoms with Crippen LogP contribution in [0.5, 0.6) is 0 Å². The molecule has 0 aromatic carbocycles. The van der Waals surface area contributed by atoms with E-state index in [1.54, 1.807) is 17.5 Å². The van der Waals surface area contributed by atoms with E-state index in [0.29, 0.717) is 25.0 Å². The van der Waals surface area contributed by atoms with Crippen molar-refractivity contribution in [2.24, 2.45) is 0 Å². The van der Waals surface area contributed by atoms with Crippen LogP contribution in [0.3, 0.4) is 0 Å². The number of fused-ring (bicyclic) bond motifs is 1. The summed E-state index contributed by atoms with van der Waals surface area (Å²) < 4.78 is 0. The Morgan fingerprint density at radius 1 is 1.22 bits per heavy atom. The van der Waals surface area contributed by atoms with E-state index in [0.717, 1.165) is 31.5 Å². The number of carbonyl (C=O) groups is 1. The van der Waals surface area contributed by atoms with E-state index in [-0.39, 0.29) is 5.91 Å². The third-order valence-corrected chi connectivity index (χ3v) is 5.66. The van der Waals surface area contributed by atoms with Gasteiger partial charge in [0.05, 0.1) is 6.54 Å². The molecule has 2 aliphatic heterocycles. The lowest BCUT2D eigenvalue weighted by Crippen LogP contribution is -2.51. The van der Waals surface area contributed by atoms with Gasteiger partial charge in [0.2, 0.25) is 5.91 Å². The first kappa shape index (κ1) is 14.8. The van der Waals surface area contributed by atoms with Crippen LogP contribution in [0.1, 0.15) is 29.8 Å². The molecule has 0 unspecified atom stereocenters. The zero-order chi connectivity index (χ0) is 15.6. The van der Waals surface area contributed by atoms with E-state index in [4.69, 9.17) is 0 Å². The highest BCUT2D eigenvalue weighted by Gasteiger charge is 2.42. The minimum Gasteiger partial charge on any atom is -0.334 e. The molecule has 6 heteroatoms. The number of pyridine rings is 1. The summed E-state index contributed by atoms with van der Waals surface area (Å²) in [6.45, 7) is 2.64. The highest BCUT2D eigenvalue weighted by molar-refractivity contribution is 7.09. The molecule has 0 aliphatic carbocycles. The van der Waals surface area contributed by atoms with Gasteiger partial charge in [-0.05, 0) is 24.5 Å². The topological polar surface area (TPSA) is 49.3 Å². The van der Waals surface area contributed by atoms with Crippen molar-refractivity contribution in [2.45, 2.75) is 44.4 Å². The SMILES string of the molecule is O=C1CC[C@@H]2[C@@H](CCN2Cc2nccs2)N1Cc1cccnc1. The number of piperidine rings is 1. The van der Waals surface area contributed by atoms with Crippen LogP contribution in [-0.4, -0.2) is 44.3 Å². The van der Waals surface area contributed by atoms with Gasteiger partial charge in [0.15, 0.2) is 0 Å². The molecule has 4 rings (SSSR count). The third kappa shape index (κ3) is 3.01. The van der Waals surface area contributed by atoms with E-state index in [2.05, 4.69) is 19.8 Å². The monoisotopic (exact) mass is 328 g/mol. The molecule has 0 saturated carbocycles. The van der Waals surface area contributed by atoms with Gasteiger partial charge in [-0.1, -0.05) is 6.07 Å². The van der Waals surface area contributed by atoms with Gasteiger partial charge in [0.25, 0.3) is 0 Å². The molecule has 1 amide bonds. The van der Waals surface area contributed by atoms with E-state index >= 15 is 0 Å². The Morgan fingerprint density at radius 3 is 2.96 bits per heavy atom. The average molecular weight is 328 g/mol. The van der Waals surface area contributed by atoms with Crippen LogP contribution in [0, 0.1) is 0 Å². The van der Waals surface area contributed by atoms with Crippen molar-refractivity contribution in [3.63, 3.8) is 0 Å². The fraction of sp³-hybridized carbons (Fsp3) is 0.471. The van der Waals surface area contributed by atoms with Crippen LogP contribution >= 0.6 is 11.3 Å². The number of amides is 1. The molecule has 0 bridgehead atoms. The van der Waals surface area contributed by atoms with E-state index < -0.39 is 0 Å². The van der Waals surface area contributed by atoms with Crippen molar-refractivity contribution in [2.75, 3.05) is 6.54 Å². The number of thiazole rings is 1. The van der Waals surface area contributed by atoms with Crippen LogP contribution in [0.4, 0.5) is 0 Å². The highest BCUT2D eigenvalue weighted by Crippen LogP contribution is 2.33. The van der Waals surface area contributed by atoms with Crippen LogP contribution in [-0.2, 0) is 17.9 Å². The molecule has 2 saturated heterocycles. The van der Waals surface area contributed by atoms with E-state index in [1.165, 1.54) is 5.01 Å². The van der Waals surface area contributed by atoms with Crippen molar-refractivity contribution < 1.29 is 4.79 Å². The molecule has 2 aliphatic rings. The number of hydrogen-bond donors (Lipinski definition) is 0. The first-order valence-corrected chi connectivity index (χ1v) is 9.00. The minimum absolute atomic E-state index is 0.284. The van der Waals surface area contributed by atoms with Crippen molar-refractivity contribution in [3.8, 4) is 0 Å². The maximum Gasteiger partial charge on any atom is 0.223 e. The second-order valence-corrected chi connectivity index (χ2v) is 7.22. The lowest BCUT2D eigenvalue weighted by molar-refractivity contribution is -0.138. The van der Waals surface area contributed by atoms with E-state index in [1.807, 2.05) is 29.9 Å². The molecule has 0 radical (unpaired) electrons. The summed E-state index contributed by atoms with van der Waals surface area (Å²) in [6.07, 6.45) is 8.18. The highest BCUT2D eigenvalue weighted by atomic mass is 32.1. The molecule has 2 aromatic rings. The molecular weight excluding hydrogens is 308 g/mol. The largest absolute Gasteiger partial charge is 0.334 e. The van der Waals surface area contributed by atoms with Gasteiger partial charge < -0.3 is 4.90 Å². The number of likely N-dealkylation sites (tertiary alicyclic amines) is 2. The van der Waals surface area contributed by atoms with Gasteiger partial charge in [-0.25, -0.2) is 4.98 Å². The molecule has 23 heavy (non-hydrogen) atoms. The van der Waals surface area contributed by atoms with Gasteiger partial charge in [0.1, 0.15) is 5.01 Å². The molecule has 2 fully saturated rings. The van der Waals surface area contributed by atoms with Crippen molar-refractivity contribution in [3.05, 3.63) is 46.7 Å². The van der Waals surface area contributed by atoms with Crippen molar-refractivity contribution >= 4 is 17.2 Å². The maximum absolute atomic E-state index is 12.4. The number of hydrogen-bond acceptors (Lipinski definition) is 5. The lowest BCUT2D eigenvalue weighted by atomic mass is 9.95. The van der Waals surface area contributed by atoms with Gasteiger partial charge in [-0.2, -0.15) is 0 Å². The zero-order valence-electron chi connectivity index (χ0n) is 13.0. The van der Waals surface area contributed by atoms with Crippen LogP contribution in [0.25, 0.3) is 0 Å². The van der Waals surface area contributed by atoms with Gasteiger partial charge in [0, 0.05) is 55.6 Å². The van der Waals surface area contributed by atoms with Crippen molar-refractivity contribution in [1.29, 1.82) is 0 Å². The molecule has 0 N–H and O–H groups in total. The fourth-order valence-corrected chi connectivity index (χ4v) is 4.47. The Hall–Kier alpha value is -1.79. The molecule has 5 nitrogen and oxygen atoms in total. The number of aromatic nitrogens is 2. The molecule has 0 spiro atoms. The standard InChI is InChI=1S/C17H20N4OS/c22-17-4-3-14-15(21(17)11-13-2-1-6-18-10-13)5-8-20(14)12-16-19-7-9-23-16/h1-2,6-7,9-10,14-15H,3-5,8,11-12H2/t14-,15-/m1/s1. The predicted octanol–water partition coefficient (Wildman–Crippen LogP) is 2.30. The molecule has 4 heterocycles. The van der Waals surface area contributed by atoms with Gasteiger partial charge >= 0.3 is 0 Å². The summed E-state index contributed by atoms with van der Waals surface area (Å²) in [7, 11) is 0. The maximum atomic E-state index is 12.4. The Morgan fingerprint density at radius 2 is 2.17 bits per heavy atom. The molecule has 2 aromatic heterocycles. The minimum atomic E-state index is 0.284. The number of rotatable bonds is 4. The average Bonchev–Trinajstić information content (AvgIpc) is 3.22. The molecule has 120 valence electrons. The van der Waals surface area contributed by atoms with Crippen LogP contribution in [0.2, 0.25) is 0 Å². The Bertz CT molecular complexity index is 660. The molecule has 2 atom stereocenters.